The van der Waals surface area contributed by atoms with Gasteiger partial charge in [-0.1, -0.05) is 0 Å². The van der Waals surface area contributed by atoms with Gasteiger partial charge in [-0.25, -0.2) is 4.98 Å². The third-order valence-corrected chi connectivity index (χ3v) is 1.96. The van der Waals surface area contributed by atoms with Crippen molar-refractivity contribution in [3.05, 3.63) is 16.3 Å². The van der Waals surface area contributed by atoms with E-state index in [1.54, 1.807) is 6.92 Å². The molecule has 0 aliphatic heterocycles. The zero-order valence-electron chi connectivity index (χ0n) is 9.67. The van der Waals surface area contributed by atoms with Gasteiger partial charge in [0.05, 0.1) is 11.5 Å². The Bertz CT molecular complexity index is 398. The van der Waals surface area contributed by atoms with Crippen molar-refractivity contribution in [2.75, 3.05) is 23.8 Å². The average Bonchev–Trinajstić information content (AvgIpc) is 2.29. The van der Waals surface area contributed by atoms with Gasteiger partial charge in [-0.05, 0) is 13.8 Å². The van der Waals surface area contributed by atoms with E-state index in [1.807, 2.05) is 6.92 Å². The maximum Gasteiger partial charge on any atom is 0.329 e. The first kappa shape index (κ1) is 13.1. The molecule has 0 bridgehead atoms. The number of hydrogen-bond donors (Lipinski definition) is 3. The molecule has 17 heavy (non-hydrogen) atoms. The van der Waals surface area contributed by atoms with Crippen LogP contribution in [0.1, 0.15) is 13.8 Å². The summed E-state index contributed by atoms with van der Waals surface area (Å²) in [6, 6.07) is -0.321. The lowest BCUT2D eigenvalue weighted by molar-refractivity contribution is -0.384. The van der Waals surface area contributed by atoms with Crippen LogP contribution in [0.25, 0.3) is 0 Å². The molecule has 0 aromatic carbocycles. The third-order valence-electron chi connectivity index (χ3n) is 1.96. The lowest BCUT2D eigenvalue weighted by atomic mass is 10.3. The van der Waals surface area contributed by atoms with E-state index in [9.17, 15) is 10.1 Å². The fourth-order valence-electron chi connectivity index (χ4n) is 1.14. The second-order valence-corrected chi connectivity index (χ2v) is 3.44. The smallest absolute Gasteiger partial charge is 0.329 e. The molecule has 94 valence electrons. The molecule has 3 N–H and O–H groups in total. The molecule has 0 aliphatic carbocycles. The molecular weight excluding hydrogens is 226 g/mol. The number of nitro groups is 1. The number of aliphatic hydroxyl groups excluding tert-OH is 1. The molecule has 0 fully saturated rings. The summed E-state index contributed by atoms with van der Waals surface area (Å²) in [4.78, 5) is 18.0. The van der Waals surface area contributed by atoms with E-state index < -0.39 is 4.92 Å². The van der Waals surface area contributed by atoms with Crippen molar-refractivity contribution < 1.29 is 10.0 Å². The predicted octanol–water partition coefficient (Wildman–Crippen LogP) is 0.609. The maximum absolute atomic E-state index is 10.8. The highest BCUT2D eigenvalue weighted by Gasteiger charge is 2.18. The number of nitrogens with zero attached hydrogens (tertiary/aromatic N) is 3. The molecular formula is C9H15N5O3. The highest BCUT2D eigenvalue weighted by molar-refractivity contribution is 5.57. The molecule has 8 nitrogen and oxygen atoms in total. The molecule has 8 heteroatoms. The number of nitrogens with one attached hydrogen (secondary N) is 2. The van der Waals surface area contributed by atoms with Crippen molar-refractivity contribution in [1.82, 2.24) is 9.97 Å². The van der Waals surface area contributed by atoms with Crippen LogP contribution in [0.2, 0.25) is 0 Å². The van der Waals surface area contributed by atoms with Crippen LogP contribution in [0.4, 0.5) is 17.5 Å². The van der Waals surface area contributed by atoms with Gasteiger partial charge in [0.25, 0.3) is 0 Å². The Balaban J connectivity index is 3.02. The summed E-state index contributed by atoms with van der Waals surface area (Å²) in [5.41, 5.74) is -0.216. The molecule has 1 aromatic heterocycles. The fraction of sp³-hybridized carbons (Fsp3) is 0.556. The quantitative estimate of drug-likeness (QED) is 0.494. The Labute approximate surface area is 98.2 Å². The van der Waals surface area contributed by atoms with Crippen molar-refractivity contribution in [2.45, 2.75) is 19.9 Å². The summed E-state index contributed by atoms with van der Waals surface area (Å²) in [6.45, 7) is 4.04. The van der Waals surface area contributed by atoms with Gasteiger partial charge >= 0.3 is 5.69 Å². The molecule has 0 aliphatic rings. The Kier molecular flexibility index (Phi) is 4.58. The summed E-state index contributed by atoms with van der Waals surface area (Å²) in [5, 5.41) is 25.3. The van der Waals surface area contributed by atoms with E-state index in [0.29, 0.717) is 12.5 Å². The first-order valence-electron chi connectivity index (χ1n) is 5.21. The highest BCUT2D eigenvalue weighted by atomic mass is 16.6. The lowest BCUT2D eigenvalue weighted by Crippen LogP contribution is -2.21. The van der Waals surface area contributed by atoms with Crippen LogP contribution in [-0.2, 0) is 0 Å². The van der Waals surface area contributed by atoms with Crippen molar-refractivity contribution in [1.29, 1.82) is 0 Å². The molecule has 1 atom stereocenters. The average molecular weight is 241 g/mol. The second kappa shape index (κ2) is 5.94. The van der Waals surface area contributed by atoms with Crippen LogP contribution >= 0.6 is 0 Å². The lowest BCUT2D eigenvalue weighted by Gasteiger charge is -2.12. The van der Waals surface area contributed by atoms with Crippen molar-refractivity contribution >= 4 is 17.5 Å². The van der Waals surface area contributed by atoms with Crippen LogP contribution in [-0.4, -0.2) is 39.2 Å². The van der Waals surface area contributed by atoms with Gasteiger partial charge in [0.15, 0.2) is 0 Å². The summed E-state index contributed by atoms with van der Waals surface area (Å²) in [5.74, 6) is 0.410. The molecule has 1 heterocycles. The summed E-state index contributed by atoms with van der Waals surface area (Å²) < 4.78 is 0. The van der Waals surface area contributed by atoms with Crippen LogP contribution in [0.5, 0.6) is 0 Å². The molecule has 0 spiro atoms. The molecule has 1 unspecified atom stereocenters. The van der Waals surface area contributed by atoms with E-state index in [0.717, 1.165) is 6.20 Å². The standard InChI is InChI=1S/C9H15N5O3/c1-3-10-9-11-4-7(14(16)17)8(13-9)12-6(2)5-15/h4,6,15H,3,5H2,1-2H3,(H2,10,11,12,13). The Morgan fingerprint density at radius 1 is 1.65 bits per heavy atom. The fourth-order valence-corrected chi connectivity index (χ4v) is 1.14. The maximum atomic E-state index is 10.8. The Morgan fingerprint density at radius 3 is 2.88 bits per heavy atom. The van der Waals surface area contributed by atoms with Crippen LogP contribution in [0.15, 0.2) is 6.20 Å². The van der Waals surface area contributed by atoms with Crippen LogP contribution in [0.3, 0.4) is 0 Å². The minimum atomic E-state index is -0.567. The molecule has 0 radical (unpaired) electrons. The Hall–Kier alpha value is -1.96. The summed E-state index contributed by atoms with van der Waals surface area (Å²) in [7, 11) is 0. The summed E-state index contributed by atoms with van der Waals surface area (Å²) >= 11 is 0. The minimum absolute atomic E-state index is 0.0995. The largest absolute Gasteiger partial charge is 0.394 e. The number of rotatable bonds is 6. The van der Waals surface area contributed by atoms with E-state index in [2.05, 4.69) is 20.6 Å². The second-order valence-electron chi connectivity index (χ2n) is 3.44. The van der Waals surface area contributed by atoms with Crippen LogP contribution < -0.4 is 10.6 Å². The molecule has 0 saturated heterocycles. The monoisotopic (exact) mass is 241 g/mol. The normalized spacial score (nSPS) is 11.9. The number of hydrogen-bond acceptors (Lipinski definition) is 7. The van der Waals surface area contributed by atoms with E-state index in [4.69, 9.17) is 5.11 Å². The number of anilines is 2. The van der Waals surface area contributed by atoms with Gasteiger partial charge in [0.2, 0.25) is 11.8 Å². The molecule has 0 saturated carbocycles. The third kappa shape index (κ3) is 3.52. The van der Waals surface area contributed by atoms with Gasteiger partial charge in [-0.3, -0.25) is 10.1 Å². The topological polar surface area (TPSA) is 113 Å². The van der Waals surface area contributed by atoms with Crippen molar-refractivity contribution in [3.63, 3.8) is 0 Å². The predicted molar refractivity (Wildman–Crippen MR) is 63.0 cm³/mol. The molecule has 0 amide bonds. The molecule has 1 rings (SSSR count). The van der Waals surface area contributed by atoms with Gasteiger partial charge < -0.3 is 15.7 Å². The van der Waals surface area contributed by atoms with Gasteiger partial charge in [-0.15, -0.1) is 0 Å². The number of aromatic nitrogens is 2. The van der Waals surface area contributed by atoms with Crippen molar-refractivity contribution in [3.8, 4) is 0 Å². The van der Waals surface area contributed by atoms with Gasteiger partial charge in [0, 0.05) is 12.6 Å². The molecule has 1 aromatic rings. The SMILES string of the molecule is CCNc1ncc([N+](=O)[O-])c(NC(C)CO)n1. The van der Waals surface area contributed by atoms with E-state index in [-0.39, 0.29) is 24.2 Å². The van der Waals surface area contributed by atoms with Gasteiger partial charge in [-0.2, -0.15) is 4.98 Å². The highest BCUT2D eigenvalue weighted by Crippen LogP contribution is 2.22. The summed E-state index contributed by atoms with van der Waals surface area (Å²) in [6.07, 6.45) is 1.14. The zero-order valence-corrected chi connectivity index (χ0v) is 9.67. The van der Waals surface area contributed by atoms with E-state index in [1.165, 1.54) is 0 Å². The first-order chi connectivity index (χ1) is 8.08. The first-order valence-corrected chi connectivity index (χ1v) is 5.21. The number of aliphatic hydroxyl groups is 1. The van der Waals surface area contributed by atoms with Gasteiger partial charge in [0.1, 0.15) is 6.20 Å². The Morgan fingerprint density at radius 2 is 2.35 bits per heavy atom. The van der Waals surface area contributed by atoms with Crippen molar-refractivity contribution in [2.24, 2.45) is 0 Å². The minimum Gasteiger partial charge on any atom is -0.394 e. The van der Waals surface area contributed by atoms with E-state index >= 15 is 0 Å². The zero-order chi connectivity index (χ0) is 12.8. The van der Waals surface area contributed by atoms with Crippen LogP contribution in [0, 0.1) is 10.1 Å².